The summed E-state index contributed by atoms with van der Waals surface area (Å²) in [4.78, 5) is 11.0. The van der Waals surface area contributed by atoms with Gasteiger partial charge in [0.25, 0.3) is 0 Å². The molecule has 0 saturated carbocycles. The Morgan fingerprint density at radius 1 is 1.47 bits per heavy atom. The number of aromatic carboxylic acids is 1. The predicted octanol–water partition coefficient (Wildman–Crippen LogP) is 2.90. The molecular weight excluding hydrogens is 240 g/mol. The first kappa shape index (κ1) is 12.0. The molecule has 1 aliphatic rings. The number of fused-ring (bicyclic) bond motifs is 1. The summed E-state index contributed by atoms with van der Waals surface area (Å²) < 4.78 is 0. The zero-order valence-corrected chi connectivity index (χ0v) is 10.8. The lowest BCUT2D eigenvalue weighted by molar-refractivity contribution is 0.0697. The van der Waals surface area contributed by atoms with Crippen molar-refractivity contribution in [2.75, 3.05) is 0 Å². The number of H-pyrrole nitrogens is 1. The Kier molecular flexibility index (Phi) is 2.85. The average Bonchev–Trinajstić information content (AvgIpc) is 2.81. The van der Waals surface area contributed by atoms with Crippen molar-refractivity contribution in [1.29, 1.82) is 0 Å². The minimum Gasteiger partial charge on any atom is -0.478 e. The molecule has 1 atom stereocenters. The number of aromatic nitrogens is 2. The Bertz CT molecular complexity index is 631. The maximum absolute atomic E-state index is 11.0. The molecule has 4 heteroatoms. The normalized spacial score (nSPS) is 18.1. The second kappa shape index (κ2) is 4.53. The van der Waals surface area contributed by atoms with Crippen molar-refractivity contribution in [2.45, 2.75) is 26.2 Å². The van der Waals surface area contributed by atoms with Crippen LogP contribution in [-0.2, 0) is 12.8 Å². The van der Waals surface area contributed by atoms with Gasteiger partial charge in [-0.05, 0) is 37.3 Å². The van der Waals surface area contributed by atoms with E-state index in [0.29, 0.717) is 11.5 Å². The molecule has 0 aliphatic heterocycles. The quantitative estimate of drug-likeness (QED) is 0.868. The topological polar surface area (TPSA) is 66.0 Å². The third-order valence-electron chi connectivity index (χ3n) is 3.78. The molecule has 4 nitrogen and oxygen atoms in total. The summed E-state index contributed by atoms with van der Waals surface area (Å²) in [5.74, 6) is -0.244. The smallest absolute Gasteiger partial charge is 0.335 e. The van der Waals surface area contributed by atoms with Crippen LogP contribution in [0.3, 0.4) is 0 Å². The van der Waals surface area contributed by atoms with Crippen molar-refractivity contribution in [1.82, 2.24) is 10.2 Å². The van der Waals surface area contributed by atoms with E-state index < -0.39 is 5.97 Å². The molecule has 19 heavy (non-hydrogen) atoms. The van der Waals surface area contributed by atoms with E-state index in [1.54, 1.807) is 18.2 Å². The molecule has 1 aliphatic carbocycles. The average molecular weight is 256 g/mol. The standard InChI is InChI=1S/C15H16N2O2/c1-9-5-6-13-12(7-9)14(17-16-13)10-3-2-4-11(8-10)15(18)19/h2-4,8-9H,5-7H2,1H3,(H,16,17)(H,18,19). The number of carboxylic acid groups (broad SMARTS) is 1. The van der Waals surface area contributed by atoms with E-state index in [9.17, 15) is 4.79 Å². The van der Waals surface area contributed by atoms with Crippen LogP contribution in [0.5, 0.6) is 0 Å². The highest BCUT2D eigenvalue weighted by molar-refractivity contribution is 5.89. The van der Waals surface area contributed by atoms with Crippen molar-refractivity contribution in [3.63, 3.8) is 0 Å². The lowest BCUT2D eigenvalue weighted by Crippen LogP contribution is -2.10. The number of hydrogen-bond donors (Lipinski definition) is 2. The first-order valence-electron chi connectivity index (χ1n) is 6.55. The molecule has 0 radical (unpaired) electrons. The van der Waals surface area contributed by atoms with Gasteiger partial charge in [-0.3, -0.25) is 5.10 Å². The van der Waals surface area contributed by atoms with Crippen LogP contribution in [0.15, 0.2) is 24.3 Å². The van der Waals surface area contributed by atoms with Crippen LogP contribution in [0.25, 0.3) is 11.3 Å². The fourth-order valence-electron chi connectivity index (χ4n) is 2.71. The highest BCUT2D eigenvalue weighted by atomic mass is 16.4. The Morgan fingerprint density at radius 2 is 2.32 bits per heavy atom. The lowest BCUT2D eigenvalue weighted by Gasteiger charge is -2.18. The fourth-order valence-corrected chi connectivity index (χ4v) is 2.71. The number of carboxylic acids is 1. The van der Waals surface area contributed by atoms with Crippen LogP contribution < -0.4 is 0 Å². The van der Waals surface area contributed by atoms with Gasteiger partial charge in [-0.2, -0.15) is 5.10 Å². The van der Waals surface area contributed by atoms with E-state index >= 15 is 0 Å². The molecule has 1 unspecified atom stereocenters. The summed E-state index contributed by atoms with van der Waals surface area (Å²) in [6.07, 6.45) is 3.23. The number of benzene rings is 1. The van der Waals surface area contributed by atoms with Crippen LogP contribution in [0, 0.1) is 5.92 Å². The van der Waals surface area contributed by atoms with Gasteiger partial charge < -0.3 is 5.11 Å². The van der Waals surface area contributed by atoms with E-state index in [-0.39, 0.29) is 0 Å². The first-order chi connectivity index (χ1) is 9.15. The van der Waals surface area contributed by atoms with Crippen LogP contribution in [0.4, 0.5) is 0 Å². The molecule has 98 valence electrons. The number of aromatic amines is 1. The summed E-state index contributed by atoms with van der Waals surface area (Å²) in [7, 11) is 0. The van der Waals surface area contributed by atoms with E-state index in [2.05, 4.69) is 17.1 Å². The molecule has 3 rings (SSSR count). The summed E-state index contributed by atoms with van der Waals surface area (Å²) in [6.45, 7) is 2.24. The number of nitrogens with one attached hydrogen (secondary N) is 1. The van der Waals surface area contributed by atoms with E-state index in [1.165, 1.54) is 17.7 Å². The fraction of sp³-hybridized carbons (Fsp3) is 0.333. The maximum Gasteiger partial charge on any atom is 0.335 e. The minimum absolute atomic E-state index is 0.304. The second-order valence-corrected chi connectivity index (χ2v) is 5.26. The molecule has 0 bridgehead atoms. The van der Waals surface area contributed by atoms with Crippen molar-refractivity contribution in [2.24, 2.45) is 5.92 Å². The van der Waals surface area contributed by atoms with Crippen molar-refractivity contribution >= 4 is 5.97 Å². The van der Waals surface area contributed by atoms with E-state index in [1.807, 2.05) is 6.07 Å². The van der Waals surface area contributed by atoms with E-state index in [0.717, 1.165) is 24.1 Å². The van der Waals surface area contributed by atoms with Gasteiger partial charge in [0.1, 0.15) is 0 Å². The SMILES string of the molecule is CC1CCc2[nH]nc(-c3cccc(C(=O)O)c3)c2C1. The third kappa shape index (κ3) is 2.14. The molecular formula is C15H16N2O2. The van der Waals surface area contributed by atoms with Gasteiger partial charge in [0.15, 0.2) is 0 Å². The van der Waals surface area contributed by atoms with Crippen molar-refractivity contribution < 1.29 is 9.90 Å². The molecule has 1 heterocycles. The zero-order chi connectivity index (χ0) is 13.4. The van der Waals surface area contributed by atoms with Gasteiger partial charge in [0.2, 0.25) is 0 Å². The predicted molar refractivity (Wildman–Crippen MR) is 72.2 cm³/mol. The highest BCUT2D eigenvalue weighted by Crippen LogP contribution is 2.32. The van der Waals surface area contributed by atoms with Crippen LogP contribution in [-0.4, -0.2) is 21.3 Å². The van der Waals surface area contributed by atoms with Crippen molar-refractivity contribution in [3.05, 3.63) is 41.1 Å². The molecule has 0 saturated heterocycles. The molecule has 2 aromatic rings. The number of aryl methyl sites for hydroxylation is 1. The minimum atomic E-state index is -0.903. The molecule has 1 aromatic carbocycles. The van der Waals surface area contributed by atoms with Crippen molar-refractivity contribution in [3.8, 4) is 11.3 Å². The Hall–Kier alpha value is -2.10. The molecule has 1 aromatic heterocycles. The monoisotopic (exact) mass is 256 g/mol. The number of carbonyl (C=O) groups is 1. The molecule has 0 fully saturated rings. The lowest BCUT2D eigenvalue weighted by atomic mass is 9.86. The maximum atomic E-state index is 11.0. The summed E-state index contributed by atoms with van der Waals surface area (Å²) in [5.41, 5.74) is 4.55. The summed E-state index contributed by atoms with van der Waals surface area (Å²) in [5, 5.41) is 16.5. The van der Waals surface area contributed by atoms with Gasteiger partial charge in [-0.1, -0.05) is 19.1 Å². The van der Waals surface area contributed by atoms with Crippen LogP contribution >= 0.6 is 0 Å². The molecule has 0 amide bonds. The third-order valence-corrected chi connectivity index (χ3v) is 3.78. The zero-order valence-electron chi connectivity index (χ0n) is 10.8. The van der Waals surface area contributed by atoms with Crippen LogP contribution in [0.1, 0.15) is 35.0 Å². The molecule has 0 spiro atoms. The second-order valence-electron chi connectivity index (χ2n) is 5.26. The number of rotatable bonds is 2. The summed E-state index contributed by atoms with van der Waals surface area (Å²) >= 11 is 0. The number of hydrogen-bond acceptors (Lipinski definition) is 2. The van der Waals surface area contributed by atoms with Gasteiger partial charge in [0, 0.05) is 16.8 Å². The van der Waals surface area contributed by atoms with Gasteiger partial charge in [0.05, 0.1) is 11.3 Å². The summed E-state index contributed by atoms with van der Waals surface area (Å²) in [6, 6.07) is 6.99. The Labute approximate surface area is 111 Å². The first-order valence-corrected chi connectivity index (χ1v) is 6.55. The molecule has 2 N–H and O–H groups in total. The van der Waals surface area contributed by atoms with E-state index in [4.69, 9.17) is 5.11 Å². The Morgan fingerprint density at radius 3 is 3.11 bits per heavy atom. The largest absolute Gasteiger partial charge is 0.478 e. The van der Waals surface area contributed by atoms with Gasteiger partial charge >= 0.3 is 5.97 Å². The van der Waals surface area contributed by atoms with Crippen LogP contribution in [0.2, 0.25) is 0 Å². The Balaban J connectivity index is 2.05. The van der Waals surface area contributed by atoms with Gasteiger partial charge in [-0.25, -0.2) is 4.79 Å². The highest BCUT2D eigenvalue weighted by Gasteiger charge is 2.22. The number of nitrogens with zero attached hydrogens (tertiary/aromatic N) is 1. The van der Waals surface area contributed by atoms with Gasteiger partial charge in [-0.15, -0.1) is 0 Å².